The van der Waals surface area contributed by atoms with Gasteiger partial charge in [0.25, 0.3) is 11.8 Å². The first-order valence-electron chi connectivity index (χ1n) is 13.6. The molecule has 2 aromatic heterocycles. The summed E-state index contributed by atoms with van der Waals surface area (Å²) in [6, 6.07) is 6.21. The van der Waals surface area contributed by atoms with E-state index in [-0.39, 0.29) is 45.7 Å². The zero-order valence-corrected chi connectivity index (χ0v) is 24.6. The van der Waals surface area contributed by atoms with Crippen molar-refractivity contribution in [2.45, 2.75) is 63.1 Å². The SMILES string of the molecule is Nc1c(C(=O)NC2CCCCC2)nsc1C(=O)N(c1ccc(F)c(Cl)c1)[C@H](C(=O)NC[C@H]1CCCO1)c1cccs1. The van der Waals surface area contributed by atoms with Crippen molar-refractivity contribution in [3.05, 3.63) is 62.0 Å². The van der Waals surface area contributed by atoms with E-state index < -0.39 is 29.6 Å². The molecule has 1 saturated heterocycles. The van der Waals surface area contributed by atoms with E-state index in [9.17, 15) is 18.8 Å². The molecule has 1 aliphatic heterocycles. The Morgan fingerprint density at radius 3 is 2.66 bits per heavy atom. The van der Waals surface area contributed by atoms with E-state index in [0.717, 1.165) is 62.5 Å². The molecule has 4 N–H and O–H groups in total. The summed E-state index contributed by atoms with van der Waals surface area (Å²) >= 11 is 8.20. The van der Waals surface area contributed by atoms with Crippen LogP contribution in [0.3, 0.4) is 0 Å². The van der Waals surface area contributed by atoms with Crippen molar-refractivity contribution < 1.29 is 23.5 Å². The second-order valence-electron chi connectivity index (χ2n) is 10.2. The quantitative estimate of drug-likeness (QED) is 0.297. The fourth-order valence-electron chi connectivity index (χ4n) is 5.18. The normalized spacial score (nSPS) is 18.1. The third kappa shape index (κ3) is 6.72. The van der Waals surface area contributed by atoms with Crippen molar-refractivity contribution in [3.63, 3.8) is 0 Å². The first-order chi connectivity index (χ1) is 19.8. The van der Waals surface area contributed by atoms with Crippen LogP contribution in [0.2, 0.25) is 5.02 Å². The molecule has 13 heteroatoms. The van der Waals surface area contributed by atoms with Gasteiger partial charge in [0, 0.05) is 29.8 Å². The summed E-state index contributed by atoms with van der Waals surface area (Å²) in [6.07, 6.45) is 6.59. The van der Waals surface area contributed by atoms with Crippen LogP contribution in [-0.4, -0.2) is 47.4 Å². The number of hydrogen-bond donors (Lipinski definition) is 3. The summed E-state index contributed by atoms with van der Waals surface area (Å²) in [5, 5.41) is 7.47. The minimum absolute atomic E-state index is 0.00674. The number of nitrogens with one attached hydrogen (secondary N) is 2. The Bertz CT molecular complexity index is 1390. The van der Waals surface area contributed by atoms with E-state index in [0.29, 0.717) is 11.5 Å². The maximum Gasteiger partial charge on any atom is 0.273 e. The number of nitrogens with zero attached hydrogens (tertiary/aromatic N) is 2. The number of anilines is 2. The van der Waals surface area contributed by atoms with Gasteiger partial charge in [0.2, 0.25) is 5.91 Å². The maximum absolute atomic E-state index is 14.2. The van der Waals surface area contributed by atoms with Gasteiger partial charge in [-0.05, 0) is 66.9 Å². The standard InChI is InChI=1S/C28H31ClFN5O4S2/c29-19-14-17(10-11-20(19)30)35(24(21-9-5-13-40-21)27(37)32-15-18-8-4-12-39-18)28(38)25-22(31)23(34-41-25)26(36)33-16-6-2-1-3-7-16/h5,9-11,13-14,16,18,24H,1-4,6-8,12,15,31H2,(H,32,37)(H,33,36)/t18-,24+/m1/s1. The van der Waals surface area contributed by atoms with Crippen LogP contribution in [0.15, 0.2) is 35.7 Å². The average Bonchev–Trinajstić information content (AvgIpc) is 3.75. The minimum atomic E-state index is -1.13. The lowest BCUT2D eigenvalue weighted by Crippen LogP contribution is -2.45. The van der Waals surface area contributed by atoms with Gasteiger partial charge in [-0.1, -0.05) is 36.9 Å². The summed E-state index contributed by atoms with van der Waals surface area (Å²) in [7, 11) is 0. The number of hydrogen-bond acceptors (Lipinski definition) is 8. The van der Waals surface area contributed by atoms with Crippen LogP contribution in [0.25, 0.3) is 0 Å². The highest BCUT2D eigenvalue weighted by atomic mass is 35.5. The van der Waals surface area contributed by atoms with E-state index in [1.807, 2.05) is 0 Å². The molecule has 41 heavy (non-hydrogen) atoms. The Labute approximate surface area is 250 Å². The van der Waals surface area contributed by atoms with Crippen molar-refractivity contribution in [3.8, 4) is 0 Å². The molecule has 2 fully saturated rings. The third-order valence-corrected chi connectivity index (χ3v) is 9.39. The third-order valence-electron chi connectivity index (χ3n) is 7.33. The fraction of sp³-hybridized carbons (Fsp3) is 0.429. The molecule has 0 radical (unpaired) electrons. The lowest BCUT2D eigenvalue weighted by atomic mass is 9.95. The van der Waals surface area contributed by atoms with Crippen LogP contribution in [0.1, 0.15) is 76.0 Å². The summed E-state index contributed by atoms with van der Waals surface area (Å²) in [5.74, 6) is -2.22. The van der Waals surface area contributed by atoms with Gasteiger partial charge in [0.1, 0.15) is 10.7 Å². The zero-order chi connectivity index (χ0) is 28.9. The van der Waals surface area contributed by atoms with Gasteiger partial charge < -0.3 is 21.1 Å². The number of carbonyl (C=O) groups excluding carboxylic acids is 3. The highest BCUT2D eigenvalue weighted by Gasteiger charge is 2.37. The van der Waals surface area contributed by atoms with Crippen molar-refractivity contribution in [2.24, 2.45) is 0 Å². The largest absolute Gasteiger partial charge is 0.395 e. The Kier molecular flexibility index (Phi) is 9.53. The van der Waals surface area contributed by atoms with Crippen LogP contribution in [0.5, 0.6) is 0 Å². The highest BCUT2D eigenvalue weighted by Crippen LogP contribution is 2.36. The maximum atomic E-state index is 14.2. The predicted octanol–water partition coefficient (Wildman–Crippen LogP) is 5.33. The van der Waals surface area contributed by atoms with Crippen molar-refractivity contribution in [2.75, 3.05) is 23.8 Å². The number of halogens is 2. The van der Waals surface area contributed by atoms with Crippen LogP contribution in [-0.2, 0) is 9.53 Å². The molecule has 3 aromatic rings. The molecule has 0 unspecified atom stereocenters. The summed E-state index contributed by atoms with van der Waals surface area (Å²) in [5.41, 5.74) is 6.44. The van der Waals surface area contributed by atoms with E-state index in [1.165, 1.54) is 28.4 Å². The molecule has 218 valence electrons. The predicted molar refractivity (Wildman–Crippen MR) is 158 cm³/mol. The molecule has 3 heterocycles. The molecule has 1 aliphatic carbocycles. The molecule has 3 amide bonds. The molecule has 0 bridgehead atoms. The zero-order valence-electron chi connectivity index (χ0n) is 22.2. The second kappa shape index (κ2) is 13.3. The molecular formula is C28H31ClFN5O4S2. The van der Waals surface area contributed by atoms with Gasteiger partial charge in [-0.25, -0.2) is 4.39 Å². The summed E-state index contributed by atoms with van der Waals surface area (Å²) in [6.45, 7) is 0.913. The molecule has 1 aromatic carbocycles. The van der Waals surface area contributed by atoms with E-state index in [1.54, 1.807) is 17.5 Å². The highest BCUT2D eigenvalue weighted by molar-refractivity contribution is 7.10. The second-order valence-corrected chi connectivity index (χ2v) is 12.3. The van der Waals surface area contributed by atoms with Crippen LogP contribution < -0.4 is 21.3 Å². The molecule has 5 rings (SSSR count). The summed E-state index contributed by atoms with van der Waals surface area (Å²) in [4.78, 5) is 42.8. The number of nitrogen functional groups attached to an aromatic ring is 1. The van der Waals surface area contributed by atoms with Gasteiger partial charge >= 0.3 is 0 Å². The van der Waals surface area contributed by atoms with Gasteiger partial charge in [-0.3, -0.25) is 19.3 Å². The monoisotopic (exact) mass is 619 g/mol. The lowest BCUT2D eigenvalue weighted by molar-refractivity contribution is -0.122. The topological polar surface area (TPSA) is 127 Å². The van der Waals surface area contributed by atoms with Gasteiger partial charge in [-0.15, -0.1) is 11.3 Å². The van der Waals surface area contributed by atoms with Crippen molar-refractivity contribution in [1.29, 1.82) is 0 Å². The van der Waals surface area contributed by atoms with Gasteiger partial charge in [0.15, 0.2) is 11.7 Å². The average molecular weight is 620 g/mol. The molecule has 9 nitrogen and oxygen atoms in total. The molecule has 2 aliphatic rings. The number of carbonyl (C=O) groups is 3. The number of rotatable bonds is 9. The Hall–Kier alpha value is -3.06. The number of benzene rings is 1. The molecular weight excluding hydrogens is 589 g/mol. The Morgan fingerprint density at radius 2 is 1.98 bits per heavy atom. The first-order valence-corrected chi connectivity index (χ1v) is 15.6. The van der Waals surface area contributed by atoms with Crippen LogP contribution in [0, 0.1) is 5.82 Å². The molecule has 1 saturated carbocycles. The molecule has 0 spiro atoms. The van der Waals surface area contributed by atoms with E-state index >= 15 is 0 Å². The fourth-order valence-corrected chi connectivity index (χ4v) is 6.90. The van der Waals surface area contributed by atoms with E-state index in [2.05, 4.69) is 15.0 Å². The number of amides is 3. The Morgan fingerprint density at radius 1 is 1.17 bits per heavy atom. The number of nitrogens with two attached hydrogens (primary N) is 1. The number of thiophene rings is 1. The van der Waals surface area contributed by atoms with Crippen molar-refractivity contribution >= 4 is 63.6 Å². The number of aromatic nitrogens is 1. The first kappa shape index (κ1) is 29.4. The van der Waals surface area contributed by atoms with E-state index in [4.69, 9.17) is 22.1 Å². The van der Waals surface area contributed by atoms with Gasteiger partial charge in [-0.2, -0.15) is 4.37 Å². The van der Waals surface area contributed by atoms with Gasteiger partial charge in [0.05, 0.1) is 16.8 Å². The molecule has 2 atom stereocenters. The Balaban J connectivity index is 1.49. The lowest BCUT2D eigenvalue weighted by Gasteiger charge is -2.30. The minimum Gasteiger partial charge on any atom is -0.395 e. The van der Waals surface area contributed by atoms with Crippen LogP contribution >= 0.6 is 34.5 Å². The summed E-state index contributed by atoms with van der Waals surface area (Å²) < 4.78 is 24.0. The van der Waals surface area contributed by atoms with Crippen molar-refractivity contribution in [1.82, 2.24) is 15.0 Å². The van der Waals surface area contributed by atoms with Crippen LogP contribution in [0.4, 0.5) is 15.8 Å². The number of ether oxygens (including phenoxy) is 1. The smallest absolute Gasteiger partial charge is 0.273 e.